The van der Waals surface area contributed by atoms with Crippen LogP contribution in [-0.2, 0) is 11.2 Å². The minimum atomic E-state index is -0.553. The standard InChI is InChI=1S/C25H22N4O2S/c1-16-28-21-6-5-20(15-23(21)32-16)25(31)29-12-11-27-24(30)22(29)14-17-3-2-4-19(13-17)18-7-9-26-10-8-18/h2-10,13,15,22H,11-12,14H2,1H3,(H,27,30). The third-order valence-electron chi connectivity index (χ3n) is 5.70. The third-order valence-corrected chi connectivity index (χ3v) is 6.64. The van der Waals surface area contributed by atoms with Crippen molar-refractivity contribution in [1.29, 1.82) is 0 Å². The van der Waals surface area contributed by atoms with Gasteiger partial charge in [-0.3, -0.25) is 14.6 Å². The van der Waals surface area contributed by atoms with Gasteiger partial charge in [0.2, 0.25) is 5.91 Å². The van der Waals surface area contributed by atoms with Gasteiger partial charge >= 0.3 is 0 Å². The summed E-state index contributed by atoms with van der Waals surface area (Å²) in [6.45, 7) is 2.90. The van der Waals surface area contributed by atoms with E-state index >= 15 is 0 Å². The fourth-order valence-electron chi connectivity index (χ4n) is 4.14. The Labute approximate surface area is 189 Å². The number of pyridine rings is 1. The van der Waals surface area contributed by atoms with Crippen molar-refractivity contribution < 1.29 is 9.59 Å². The first-order valence-electron chi connectivity index (χ1n) is 10.5. The number of fused-ring (bicyclic) bond motifs is 1. The molecule has 4 aromatic rings. The molecule has 1 fully saturated rings. The number of benzene rings is 2. The van der Waals surface area contributed by atoms with E-state index in [0.717, 1.165) is 31.9 Å². The third kappa shape index (κ3) is 3.99. The van der Waals surface area contributed by atoms with Gasteiger partial charge in [-0.2, -0.15) is 0 Å². The number of aryl methyl sites for hydroxylation is 1. The summed E-state index contributed by atoms with van der Waals surface area (Å²) in [7, 11) is 0. The smallest absolute Gasteiger partial charge is 0.254 e. The van der Waals surface area contributed by atoms with Crippen LogP contribution in [0, 0.1) is 6.92 Å². The summed E-state index contributed by atoms with van der Waals surface area (Å²) >= 11 is 1.57. The molecule has 1 saturated heterocycles. The zero-order chi connectivity index (χ0) is 22.1. The lowest BCUT2D eigenvalue weighted by molar-refractivity contribution is -0.127. The summed E-state index contributed by atoms with van der Waals surface area (Å²) in [5.41, 5.74) is 4.62. The first-order valence-corrected chi connectivity index (χ1v) is 11.4. The van der Waals surface area contributed by atoms with E-state index in [9.17, 15) is 9.59 Å². The molecule has 0 spiro atoms. The minimum Gasteiger partial charge on any atom is -0.353 e. The van der Waals surface area contributed by atoms with Crippen molar-refractivity contribution in [2.24, 2.45) is 0 Å². The summed E-state index contributed by atoms with van der Waals surface area (Å²) in [5, 5.41) is 3.89. The SMILES string of the molecule is Cc1nc2ccc(C(=O)N3CCNC(=O)C3Cc3cccc(-c4ccncc4)c3)cc2s1. The highest BCUT2D eigenvalue weighted by Crippen LogP contribution is 2.25. The molecule has 0 aliphatic carbocycles. The van der Waals surface area contributed by atoms with Crippen LogP contribution in [0.4, 0.5) is 0 Å². The molecule has 1 aliphatic heterocycles. The van der Waals surface area contributed by atoms with Gasteiger partial charge in [0, 0.05) is 37.5 Å². The summed E-state index contributed by atoms with van der Waals surface area (Å²) in [4.78, 5) is 36.4. The van der Waals surface area contributed by atoms with E-state index < -0.39 is 6.04 Å². The van der Waals surface area contributed by atoms with Crippen LogP contribution >= 0.6 is 11.3 Å². The van der Waals surface area contributed by atoms with E-state index in [1.165, 1.54) is 0 Å². The second-order valence-corrected chi connectivity index (χ2v) is 9.10. The number of nitrogens with one attached hydrogen (secondary N) is 1. The number of hydrogen-bond donors (Lipinski definition) is 1. The Morgan fingerprint density at radius 3 is 2.81 bits per heavy atom. The second-order valence-electron chi connectivity index (χ2n) is 7.86. The summed E-state index contributed by atoms with van der Waals surface area (Å²) in [5.74, 6) is -0.239. The Bertz CT molecular complexity index is 1300. The van der Waals surface area contributed by atoms with E-state index in [1.807, 2.05) is 49.4 Å². The maximum Gasteiger partial charge on any atom is 0.254 e. The number of nitrogens with zero attached hydrogens (tertiary/aromatic N) is 3. The molecular weight excluding hydrogens is 420 g/mol. The predicted octanol–water partition coefficient (Wildman–Crippen LogP) is 3.85. The fourth-order valence-corrected chi connectivity index (χ4v) is 5.01. The Kier molecular flexibility index (Phi) is 5.41. The molecular formula is C25H22N4O2S. The van der Waals surface area contributed by atoms with E-state index in [0.29, 0.717) is 25.1 Å². The van der Waals surface area contributed by atoms with E-state index in [1.54, 1.807) is 34.7 Å². The van der Waals surface area contributed by atoms with E-state index in [-0.39, 0.29) is 11.8 Å². The van der Waals surface area contributed by atoms with Crippen LogP contribution in [0.2, 0.25) is 0 Å². The van der Waals surface area contributed by atoms with Crippen LogP contribution in [0.25, 0.3) is 21.3 Å². The quantitative estimate of drug-likeness (QED) is 0.521. The number of hydrogen-bond acceptors (Lipinski definition) is 5. The van der Waals surface area contributed by atoms with Gasteiger partial charge in [0.25, 0.3) is 5.91 Å². The van der Waals surface area contributed by atoms with Crippen molar-refractivity contribution in [3.8, 4) is 11.1 Å². The van der Waals surface area contributed by atoms with Crippen LogP contribution < -0.4 is 5.32 Å². The van der Waals surface area contributed by atoms with Crippen LogP contribution in [0.5, 0.6) is 0 Å². The predicted molar refractivity (Wildman–Crippen MR) is 126 cm³/mol. The van der Waals surface area contributed by atoms with Crippen LogP contribution in [0.15, 0.2) is 67.0 Å². The van der Waals surface area contributed by atoms with Crippen molar-refractivity contribution in [3.05, 3.63) is 83.1 Å². The van der Waals surface area contributed by atoms with Crippen molar-refractivity contribution in [3.63, 3.8) is 0 Å². The van der Waals surface area contributed by atoms with Crippen LogP contribution in [-0.4, -0.2) is 45.8 Å². The number of carbonyl (C=O) groups excluding carboxylic acids is 2. The molecule has 3 heterocycles. The van der Waals surface area contributed by atoms with Gasteiger partial charge in [0.05, 0.1) is 15.2 Å². The van der Waals surface area contributed by atoms with Gasteiger partial charge in [0.1, 0.15) is 6.04 Å². The highest BCUT2D eigenvalue weighted by atomic mass is 32.1. The number of aromatic nitrogens is 2. The lowest BCUT2D eigenvalue weighted by Crippen LogP contribution is -2.58. The lowest BCUT2D eigenvalue weighted by Gasteiger charge is -2.35. The molecule has 2 amide bonds. The molecule has 5 rings (SSSR count). The maximum atomic E-state index is 13.4. The topological polar surface area (TPSA) is 75.2 Å². The first-order chi connectivity index (χ1) is 15.6. The van der Waals surface area contributed by atoms with Crippen molar-refractivity contribution in [1.82, 2.24) is 20.2 Å². The van der Waals surface area contributed by atoms with Crippen molar-refractivity contribution in [2.45, 2.75) is 19.4 Å². The molecule has 32 heavy (non-hydrogen) atoms. The number of rotatable bonds is 4. The highest BCUT2D eigenvalue weighted by Gasteiger charge is 2.33. The van der Waals surface area contributed by atoms with Gasteiger partial charge in [-0.15, -0.1) is 11.3 Å². The molecule has 0 saturated carbocycles. The normalized spacial score (nSPS) is 16.2. The monoisotopic (exact) mass is 442 g/mol. The van der Waals surface area contributed by atoms with Gasteiger partial charge < -0.3 is 10.2 Å². The molecule has 1 unspecified atom stereocenters. The zero-order valence-electron chi connectivity index (χ0n) is 17.6. The van der Waals surface area contributed by atoms with Gasteiger partial charge in [-0.1, -0.05) is 24.3 Å². The molecule has 6 nitrogen and oxygen atoms in total. The zero-order valence-corrected chi connectivity index (χ0v) is 18.4. The largest absolute Gasteiger partial charge is 0.353 e. The van der Waals surface area contributed by atoms with Crippen molar-refractivity contribution >= 4 is 33.4 Å². The van der Waals surface area contributed by atoms with Crippen LogP contribution in [0.1, 0.15) is 20.9 Å². The summed E-state index contributed by atoms with van der Waals surface area (Å²) < 4.78 is 0.983. The first kappa shape index (κ1) is 20.3. The Hall–Kier alpha value is -3.58. The minimum absolute atomic E-state index is 0.117. The fraction of sp³-hybridized carbons (Fsp3) is 0.200. The number of piperazine rings is 1. The summed E-state index contributed by atoms with van der Waals surface area (Å²) in [6.07, 6.45) is 3.98. The Morgan fingerprint density at radius 2 is 1.97 bits per heavy atom. The highest BCUT2D eigenvalue weighted by molar-refractivity contribution is 7.18. The second kappa shape index (κ2) is 8.51. The number of amides is 2. The maximum absolute atomic E-state index is 13.4. The number of thiazole rings is 1. The summed E-state index contributed by atoms with van der Waals surface area (Å²) in [6, 6.07) is 17.0. The van der Waals surface area contributed by atoms with Gasteiger partial charge in [-0.25, -0.2) is 4.98 Å². The molecule has 160 valence electrons. The van der Waals surface area contributed by atoms with Gasteiger partial charge in [0.15, 0.2) is 0 Å². The molecule has 1 N–H and O–H groups in total. The van der Waals surface area contributed by atoms with E-state index in [2.05, 4.69) is 21.4 Å². The number of carbonyl (C=O) groups is 2. The van der Waals surface area contributed by atoms with Crippen molar-refractivity contribution in [2.75, 3.05) is 13.1 Å². The Morgan fingerprint density at radius 1 is 1.12 bits per heavy atom. The average molecular weight is 443 g/mol. The Balaban J connectivity index is 1.42. The van der Waals surface area contributed by atoms with Crippen LogP contribution in [0.3, 0.4) is 0 Å². The van der Waals surface area contributed by atoms with E-state index in [4.69, 9.17) is 0 Å². The molecule has 0 radical (unpaired) electrons. The molecule has 7 heteroatoms. The van der Waals surface area contributed by atoms with Gasteiger partial charge in [-0.05, 0) is 53.9 Å². The molecule has 2 aromatic heterocycles. The average Bonchev–Trinajstić information content (AvgIpc) is 3.20. The lowest BCUT2D eigenvalue weighted by atomic mass is 9.97. The molecule has 2 aromatic carbocycles. The molecule has 0 bridgehead atoms. The molecule has 1 aliphatic rings. The molecule has 1 atom stereocenters.